The van der Waals surface area contributed by atoms with E-state index in [4.69, 9.17) is 4.74 Å². The van der Waals surface area contributed by atoms with Crippen LogP contribution < -0.4 is 5.32 Å². The largest absolute Gasteiger partial charge is 0.377 e. The van der Waals surface area contributed by atoms with Crippen molar-refractivity contribution in [2.24, 2.45) is 0 Å². The Morgan fingerprint density at radius 1 is 0.958 bits per heavy atom. The minimum atomic E-state index is 0. The van der Waals surface area contributed by atoms with Crippen LogP contribution in [0.5, 0.6) is 0 Å². The van der Waals surface area contributed by atoms with Gasteiger partial charge in [-0.1, -0.05) is 6.42 Å². The zero-order chi connectivity index (χ0) is 15.2. The number of ether oxygens (including phenoxy) is 1. The number of carbonyl (C=O) groups excluding carboxylic acids is 1. The molecule has 1 N–H and O–H groups in total. The van der Waals surface area contributed by atoms with Crippen LogP contribution in [0.4, 0.5) is 0 Å². The fourth-order valence-corrected chi connectivity index (χ4v) is 3.88. The average molecular weight is 382 g/mol. The van der Waals surface area contributed by atoms with E-state index in [0.717, 1.165) is 52.0 Å². The molecule has 1 amide bonds. The molecule has 0 aromatic carbocycles. The molecular formula is C17H33Cl2N3O2. The number of nitrogens with zero attached hydrogens (tertiary/aromatic N) is 2. The van der Waals surface area contributed by atoms with Crippen LogP contribution in [0, 0.1) is 0 Å². The van der Waals surface area contributed by atoms with Gasteiger partial charge in [-0.15, -0.1) is 24.8 Å². The molecule has 1 atom stereocenters. The van der Waals surface area contributed by atoms with Crippen molar-refractivity contribution in [1.82, 2.24) is 15.1 Å². The van der Waals surface area contributed by atoms with Crippen molar-refractivity contribution in [2.75, 3.05) is 45.9 Å². The highest BCUT2D eigenvalue weighted by molar-refractivity contribution is 5.85. The van der Waals surface area contributed by atoms with Gasteiger partial charge in [0.05, 0.1) is 18.8 Å². The van der Waals surface area contributed by atoms with E-state index in [0.29, 0.717) is 12.0 Å². The van der Waals surface area contributed by atoms with Gasteiger partial charge in [-0.05, 0) is 58.2 Å². The van der Waals surface area contributed by atoms with Crippen LogP contribution in [0.3, 0.4) is 0 Å². The topological polar surface area (TPSA) is 44.8 Å². The molecule has 3 aliphatic rings. The van der Waals surface area contributed by atoms with E-state index >= 15 is 0 Å². The highest BCUT2D eigenvalue weighted by Gasteiger charge is 2.29. The summed E-state index contributed by atoms with van der Waals surface area (Å²) >= 11 is 0. The number of halogens is 2. The lowest BCUT2D eigenvalue weighted by molar-refractivity contribution is -0.136. The van der Waals surface area contributed by atoms with Gasteiger partial charge in [0.25, 0.3) is 0 Å². The lowest BCUT2D eigenvalue weighted by atomic mass is 10.0. The first kappa shape index (κ1) is 22.0. The second-order valence-corrected chi connectivity index (χ2v) is 6.95. The van der Waals surface area contributed by atoms with Crippen LogP contribution in [0.2, 0.25) is 0 Å². The molecule has 3 saturated heterocycles. The van der Waals surface area contributed by atoms with Crippen molar-refractivity contribution in [3.05, 3.63) is 0 Å². The van der Waals surface area contributed by atoms with Crippen molar-refractivity contribution < 1.29 is 9.53 Å². The van der Waals surface area contributed by atoms with Crippen molar-refractivity contribution in [3.8, 4) is 0 Å². The van der Waals surface area contributed by atoms with Gasteiger partial charge in [-0.25, -0.2) is 0 Å². The summed E-state index contributed by atoms with van der Waals surface area (Å²) in [6, 6.07) is 0.0707. The molecule has 5 nitrogen and oxygen atoms in total. The van der Waals surface area contributed by atoms with Crippen LogP contribution in [-0.4, -0.2) is 73.7 Å². The smallest absolute Gasteiger partial charge is 0.239 e. The first-order valence-electron chi connectivity index (χ1n) is 9.19. The molecule has 3 rings (SSSR count). The summed E-state index contributed by atoms with van der Waals surface area (Å²) in [6.45, 7) is 7.13. The lowest BCUT2D eigenvalue weighted by Crippen LogP contribution is -2.51. The van der Waals surface area contributed by atoms with Gasteiger partial charge >= 0.3 is 0 Å². The molecular weight excluding hydrogens is 349 g/mol. The van der Waals surface area contributed by atoms with Crippen LogP contribution >= 0.6 is 24.8 Å². The van der Waals surface area contributed by atoms with Crippen molar-refractivity contribution in [2.45, 2.75) is 57.1 Å². The third-order valence-electron chi connectivity index (χ3n) is 5.32. The molecule has 3 fully saturated rings. The molecule has 0 aliphatic carbocycles. The zero-order valence-corrected chi connectivity index (χ0v) is 16.2. The summed E-state index contributed by atoms with van der Waals surface area (Å²) in [5, 5.41) is 3.36. The molecule has 3 aliphatic heterocycles. The van der Waals surface area contributed by atoms with Gasteiger partial charge in [0.2, 0.25) is 5.91 Å². The van der Waals surface area contributed by atoms with E-state index in [-0.39, 0.29) is 30.9 Å². The maximum Gasteiger partial charge on any atom is 0.239 e. The Bertz CT molecular complexity index is 354. The molecule has 24 heavy (non-hydrogen) atoms. The summed E-state index contributed by atoms with van der Waals surface area (Å²) in [7, 11) is 0. The zero-order valence-electron chi connectivity index (χ0n) is 14.6. The van der Waals surface area contributed by atoms with E-state index in [2.05, 4.69) is 10.2 Å². The maximum absolute atomic E-state index is 12.5. The molecule has 0 aromatic heterocycles. The fraction of sp³-hybridized carbons (Fsp3) is 0.941. The van der Waals surface area contributed by atoms with Gasteiger partial charge < -0.3 is 19.9 Å². The van der Waals surface area contributed by atoms with Crippen molar-refractivity contribution in [3.63, 3.8) is 0 Å². The van der Waals surface area contributed by atoms with E-state index < -0.39 is 0 Å². The Morgan fingerprint density at radius 3 is 2.29 bits per heavy atom. The van der Waals surface area contributed by atoms with Gasteiger partial charge in [0.15, 0.2) is 0 Å². The first-order valence-corrected chi connectivity index (χ1v) is 9.19. The highest BCUT2D eigenvalue weighted by Crippen LogP contribution is 2.17. The monoisotopic (exact) mass is 381 g/mol. The molecule has 0 aromatic rings. The number of hydrogen-bond donors (Lipinski definition) is 1. The summed E-state index contributed by atoms with van der Waals surface area (Å²) in [4.78, 5) is 17.0. The quantitative estimate of drug-likeness (QED) is 0.791. The minimum Gasteiger partial charge on any atom is -0.377 e. The fourth-order valence-electron chi connectivity index (χ4n) is 3.88. The summed E-state index contributed by atoms with van der Waals surface area (Å²) in [5.41, 5.74) is 0. The Labute approximate surface area is 158 Å². The Kier molecular flexibility index (Phi) is 10.6. The molecule has 7 heteroatoms. The summed E-state index contributed by atoms with van der Waals surface area (Å²) in [6.07, 6.45) is 8.43. The van der Waals surface area contributed by atoms with Crippen LogP contribution in [-0.2, 0) is 9.53 Å². The molecule has 0 saturated carbocycles. The number of carbonyl (C=O) groups is 1. The molecule has 3 heterocycles. The average Bonchev–Trinajstić information content (AvgIpc) is 3.09. The summed E-state index contributed by atoms with van der Waals surface area (Å²) in [5.74, 6) is 0.315. The second-order valence-electron chi connectivity index (χ2n) is 6.95. The molecule has 0 radical (unpaired) electrons. The number of rotatable bonds is 5. The number of nitrogens with one attached hydrogen (secondary N) is 1. The number of piperidine rings is 2. The molecule has 0 bridgehead atoms. The number of hydrogen-bond acceptors (Lipinski definition) is 4. The standard InChI is InChI=1S/C17H31N3O2.2ClH/c21-17(16-5-1-2-8-18-16)20-11-6-15(7-12-20)22-14-13-19-9-3-4-10-19;;/h15-16,18H,1-14H2;2*1H/t16-;;/m1../s1. The molecule has 0 spiro atoms. The SMILES string of the molecule is Cl.Cl.O=C([C@H]1CCCCN1)N1CCC(OCCN2CCCC2)CC1. The highest BCUT2D eigenvalue weighted by atomic mass is 35.5. The Hall–Kier alpha value is -0.0700. The van der Waals surface area contributed by atoms with Gasteiger partial charge in [0.1, 0.15) is 0 Å². The molecule has 142 valence electrons. The van der Waals surface area contributed by atoms with E-state index in [1.165, 1.54) is 38.8 Å². The second kappa shape index (κ2) is 11.5. The van der Waals surface area contributed by atoms with Crippen molar-refractivity contribution >= 4 is 30.7 Å². The number of likely N-dealkylation sites (tertiary alicyclic amines) is 2. The van der Waals surface area contributed by atoms with Crippen LogP contribution in [0.25, 0.3) is 0 Å². The Morgan fingerprint density at radius 2 is 1.67 bits per heavy atom. The maximum atomic E-state index is 12.5. The van der Waals surface area contributed by atoms with Gasteiger partial charge in [0, 0.05) is 19.6 Å². The predicted octanol–water partition coefficient (Wildman–Crippen LogP) is 2.08. The number of amides is 1. The first-order chi connectivity index (χ1) is 10.8. The van der Waals surface area contributed by atoms with Crippen LogP contribution in [0.1, 0.15) is 44.9 Å². The predicted molar refractivity (Wildman–Crippen MR) is 101 cm³/mol. The third-order valence-corrected chi connectivity index (χ3v) is 5.32. The van der Waals surface area contributed by atoms with Crippen LogP contribution in [0.15, 0.2) is 0 Å². The Balaban J connectivity index is 0.00000144. The third kappa shape index (κ3) is 6.34. The van der Waals surface area contributed by atoms with Gasteiger partial charge in [-0.2, -0.15) is 0 Å². The minimum absolute atomic E-state index is 0. The normalized spacial score (nSPS) is 25.8. The molecule has 0 unspecified atom stereocenters. The lowest BCUT2D eigenvalue weighted by Gasteiger charge is -2.35. The van der Waals surface area contributed by atoms with E-state index in [1.54, 1.807) is 0 Å². The summed E-state index contributed by atoms with van der Waals surface area (Å²) < 4.78 is 6.02. The van der Waals surface area contributed by atoms with Gasteiger partial charge in [-0.3, -0.25) is 4.79 Å². The van der Waals surface area contributed by atoms with E-state index in [1.807, 2.05) is 4.90 Å². The van der Waals surface area contributed by atoms with E-state index in [9.17, 15) is 4.79 Å². The van der Waals surface area contributed by atoms with Crippen molar-refractivity contribution in [1.29, 1.82) is 0 Å².